The van der Waals surface area contributed by atoms with Gasteiger partial charge in [0.1, 0.15) is 34.2 Å². The number of nitrogen functional groups attached to an aromatic ring is 3. The SMILES string of the molecule is CCc1ccc(/C=C/C2=C(C(=O)O)N3C(=O)[C@@H](CC(=O)/C(=N\OC(C)(C)C(=O)O)c4csc(N)n4)[C@H]3SC2)cc1.CCc1ccc(/C=C\C2=C(C(=O)O)N3C(=O)[C@@H](CC(=O)/C(=N\OC(C)(C)C(=O)O)c4csc(N)n4)[C@H]3SC2)cc1.CCc1ccc(C=CC2=C(C(=O)O)N3C(=O)[C@@H](CC(=O)/C(=N\OC(C)(C)C(=O)O)c4csc(N)n4)[C@H]3SC2)cc1. The van der Waals surface area contributed by atoms with Gasteiger partial charge in [0.2, 0.25) is 34.5 Å². The number of carbonyl (C=O) groups is 12. The van der Waals surface area contributed by atoms with Crippen molar-refractivity contribution in [3.05, 3.63) is 191 Å². The average molecular weight is 1750 g/mol. The maximum atomic E-state index is 13.3. The number of hydrogen-bond acceptors (Lipinski definition) is 30. The van der Waals surface area contributed by atoms with Gasteiger partial charge in [-0.05, 0) is 111 Å². The van der Waals surface area contributed by atoms with E-state index < -0.39 is 122 Å². The number of thioether (sulfide) groups is 3. The van der Waals surface area contributed by atoms with E-state index in [1.54, 1.807) is 18.2 Å². The van der Waals surface area contributed by atoms with Gasteiger partial charge in [-0.25, -0.2) is 43.7 Å². The number of fused-ring (bicyclic) bond motifs is 3. The standard InChI is InChI=1S/3C27H28N4O7S2/c3*1-4-14-5-7-15(8-6-14)9-10-16-12-39-23-17(22(33)31(23)21(16)24(34)35)11-19(32)20(18-13-40-26(28)29-18)30-38-27(2,3)25(36)37/h3*5-10,13,17,23H,4,11-12H2,1-3H3,(H2,28,29)(H,34,35)(H,36,37)/b10-9?,30-20-;10-9+,30-20-;10-9-,30-20-/t3*17-,23-/m111/s1. The minimum atomic E-state index is -1.72. The quantitative estimate of drug-likeness (QED) is 0.0105. The normalized spacial score (nSPS) is 19.4. The summed E-state index contributed by atoms with van der Waals surface area (Å²) in [6, 6.07) is 23.7. The molecule has 3 aromatic carbocycles. The van der Waals surface area contributed by atoms with Gasteiger partial charge >= 0.3 is 35.8 Å². The molecular formula is C81H84N12O21S6. The second kappa shape index (κ2) is 38.4. The number of oxime groups is 3. The van der Waals surface area contributed by atoms with E-state index in [1.165, 1.54) is 124 Å². The third-order valence-electron chi connectivity index (χ3n) is 19.5. The predicted molar refractivity (Wildman–Crippen MR) is 455 cm³/mol. The Morgan fingerprint density at radius 2 is 0.642 bits per heavy atom. The molecule has 3 fully saturated rings. The zero-order valence-corrected chi connectivity index (χ0v) is 70.9. The number of anilines is 3. The van der Waals surface area contributed by atoms with Crippen molar-refractivity contribution in [1.82, 2.24) is 29.7 Å². The second-order valence-corrected chi connectivity index (χ2v) is 35.0. The van der Waals surface area contributed by atoms with E-state index in [9.17, 15) is 88.2 Å². The van der Waals surface area contributed by atoms with Crippen LogP contribution in [-0.2, 0) is 91.3 Å². The molecule has 0 unspecified atom stereocenters. The maximum Gasteiger partial charge on any atom is 0.352 e. The van der Waals surface area contributed by atoms with Gasteiger partial charge in [0.05, 0.1) is 33.9 Å². The first-order valence-electron chi connectivity index (χ1n) is 37.0. The number of aliphatic carboxylic acids is 6. The number of Topliss-reactive ketones (excluding diaryl/α,β-unsaturated/α-hetero) is 3. The van der Waals surface area contributed by atoms with Crippen LogP contribution in [0.15, 0.2) is 156 Å². The van der Waals surface area contributed by atoms with Gasteiger partial charge in [0, 0.05) is 52.7 Å². The lowest BCUT2D eigenvalue weighted by Crippen LogP contribution is -2.62. The van der Waals surface area contributed by atoms with Crippen LogP contribution in [0.5, 0.6) is 0 Å². The summed E-state index contributed by atoms with van der Waals surface area (Å²) in [7, 11) is 0. The molecule has 0 aliphatic carbocycles. The number of allylic oxidation sites excluding steroid dienone is 3. The summed E-state index contributed by atoms with van der Waals surface area (Å²) in [5, 5.41) is 72.4. The largest absolute Gasteiger partial charge is 0.478 e. The van der Waals surface area contributed by atoms with Crippen molar-refractivity contribution in [2.24, 2.45) is 33.2 Å². The number of carbonyl (C=O) groups excluding carboxylic acids is 6. The molecule has 120 heavy (non-hydrogen) atoms. The molecule has 3 amide bonds. The van der Waals surface area contributed by atoms with Gasteiger partial charge in [-0.15, -0.1) is 69.3 Å². The monoisotopic (exact) mass is 1750 g/mol. The first-order chi connectivity index (χ1) is 56.8. The number of hydrogen-bond donors (Lipinski definition) is 9. The molecule has 6 aliphatic rings. The highest BCUT2D eigenvalue weighted by Gasteiger charge is 2.57. The van der Waals surface area contributed by atoms with E-state index in [1.807, 2.05) is 91.0 Å². The molecule has 0 saturated carbocycles. The molecule has 9 heterocycles. The topological polar surface area (TPSA) is 517 Å². The molecule has 630 valence electrons. The van der Waals surface area contributed by atoms with E-state index >= 15 is 0 Å². The second-order valence-electron chi connectivity index (χ2n) is 29.0. The predicted octanol–water partition coefficient (Wildman–Crippen LogP) is 10.2. The van der Waals surface area contributed by atoms with E-state index in [0.717, 1.165) is 70.0 Å². The summed E-state index contributed by atoms with van der Waals surface area (Å²) >= 11 is 7.29. The Morgan fingerprint density at radius 1 is 0.408 bits per heavy atom. The van der Waals surface area contributed by atoms with Crippen LogP contribution in [0.4, 0.5) is 15.4 Å². The van der Waals surface area contributed by atoms with E-state index in [2.05, 4.69) is 51.2 Å². The lowest BCUT2D eigenvalue weighted by atomic mass is 9.89. The third kappa shape index (κ3) is 20.8. The molecular weight excluding hydrogens is 1670 g/mol. The summed E-state index contributed by atoms with van der Waals surface area (Å²) in [4.78, 5) is 181. The van der Waals surface area contributed by atoms with Gasteiger partial charge < -0.3 is 62.4 Å². The van der Waals surface area contributed by atoms with Gasteiger partial charge in [-0.2, -0.15) is 0 Å². The van der Waals surface area contributed by atoms with Gasteiger partial charge in [0.15, 0.2) is 49.9 Å². The molecule has 39 heteroatoms. The minimum Gasteiger partial charge on any atom is -0.478 e. The van der Waals surface area contributed by atoms with Crippen molar-refractivity contribution in [1.29, 1.82) is 0 Å². The lowest BCUT2D eigenvalue weighted by Gasteiger charge is -2.49. The molecule has 3 saturated heterocycles. The number of ketones is 3. The van der Waals surface area contributed by atoms with Crippen molar-refractivity contribution in [3.63, 3.8) is 0 Å². The number of carboxylic acid groups (broad SMARTS) is 6. The molecule has 6 aliphatic heterocycles. The maximum absolute atomic E-state index is 13.3. The van der Waals surface area contributed by atoms with E-state index in [-0.39, 0.29) is 86.0 Å². The Hall–Kier alpha value is -11.9. The van der Waals surface area contributed by atoms with Crippen LogP contribution >= 0.6 is 69.3 Å². The fourth-order valence-electron chi connectivity index (χ4n) is 12.3. The van der Waals surface area contributed by atoms with E-state index in [4.69, 9.17) is 31.7 Å². The summed E-state index contributed by atoms with van der Waals surface area (Å²) in [6.07, 6.45) is 12.4. The number of β-lactam (4-membered cyclic amide) rings is 3. The number of nitrogens with two attached hydrogens (primary N) is 3. The number of rotatable bonds is 33. The fourth-order valence-corrected chi connectivity index (χ4v) is 18.1. The Kier molecular flexibility index (Phi) is 29.0. The molecule has 0 bridgehead atoms. The Labute approximate surface area is 711 Å². The Balaban J connectivity index is 0.000000189. The molecule has 33 nitrogen and oxygen atoms in total. The van der Waals surface area contributed by atoms with Crippen LogP contribution in [0.2, 0.25) is 0 Å². The van der Waals surface area contributed by atoms with Crippen molar-refractivity contribution < 1.29 is 103 Å². The van der Waals surface area contributed by atoms with Gasteiger partial charge in [0.25, 0.3) is 0 Å². The van der Waals surface area contributed by atoms with Crippen molar-refractivity contribution in [2.45, 2.75) is 134 Å². The lowest BCUT2D eigenvalue weighted by molar-refractivity contribution is -0.161. The smallest absolute Gasteiger partial charge is 0.352 e. The first-order valence-corrected chi connectivity index (χ1v) is 42.8. The van der Waals surface area contributed by atoms with Crippen LogP contribution in [0.1, 0.15) is 132 Å². The molecule has 6 aromatic rings. The van der Waals surface area contributed by atoms with Crippen LogP contribution in [0.3, 0.4) is 0 Å². The fraction of sp³-hybridized carbons (Fsp3) is 0.333. The zero-order valence-electron chi connectivity index (χ0n) is 66.0. The number of nitrogens with zero attached hydrogens (tertiary/aromatic N) is 9. The Morgan fingerprint density at radius 3 is 0.833 bits per heavy atom. The molecule has 12 N–H and O–H groups in total. The summed E-state index contributed by atoms with van der Waals surface area (Å²) in [5.74, 6) is -12.2. The molecule has 0 radical (unpaired) electrons. The van der Waals surface area contributed by atoms with Crippen molar-refractivity contribution in [3.8, 4) is 0 Å². The number of benzene rings is 3. The van der Waals surface area contributed by atoms with Crippen LogP contribution in [0, 0.1) is 17.8 Å². The number of amides is 3. The van der Waals surface area contributed by atoms with Crippen molar-refractivity contribution in [2.75, 3.05) is 34.5 Å². The number of carboxylic acids is 6. The molecule has 0 spiro atoms. The van der Waals surface area contributed by atoms with Crippen molar-refractivity contribution >= 4 is 191 Å². The summed E-state index contributed by atoms with van der Waals surface area (Å²) in [6.45, 7) is 13.8. The van der Waals surface area contributed by atoms with Crippen LogP contribution in [-0.4, -0.2) is 198 Å². The minimum absolute atomic E-state index is 0.0964. The first kappa shape index (κ1) is 90.4. The molecule has 12 rings (SSSR count). The van der Waals surface area contributed by atoms with Gasteiger partial charge in [-0.3, -0.25) is 43.5 Å². The summed E-state index contributed by atoms with van der Waals surface area (Å²) < 4.78 is 0. The highest BCUT2D eigenvalue weighted by atomic mass is 32.2. The number of aromatic nitrogens is 3. The summed E-state index contributed by atoms with van der Waals surface area (Å²) in [5.41, 5.74) is 18.9. The molecule has 6 atom stereocenters. The van der Waals surface area contributed by atoms with Crippen LogP contribution < -0.4 is 17.2 Å². The molecule has 3 aromatic heterocycles. The Bertz CT molecular complexity index is 4850. The highest BCUT2D eigenvalue weighted by molar-refractivity contribution is 8.00. The van der Waals surface area contributed by atoms with E-state index in [0.29, 0.717) is 34.0 Å². The van der Waals surface area contributed by atoms with Gasteiger partial charge in [-0.1, -0.05) is 145 Å². The van der Waals surface area contributed by atoms with Crippen LogP contribution in [0.25, 0.3) is 18.2 Å². The third-order valence-corrected chi connectivity index (χ3v) is 25.6. The number of thiazole rings is 3. The number of aryl methyl sites for hydroxylation is 3. The average Bonchev–Trinajstić information content (AvgIpc) is 0.860. The highest BCUT2D eigenvalue weighted by Crippen LogP contribution is 2.49. The zero-order chi connectivity index (χ0) is 87.6.